The van der Waals surface area contributed by atoms with E-state index in [-0.39, 0.29) is 0 Å². The van der Waals surface area contributed by atoms with Gasteiger partial charge in [0.2, 0.25) is 0 Å². The lowest BCUT2D eigenvalue weighted by atomic mass is 9.93. The predicted octanol–water partition coefficient (Wildman–Crippen LogP) is 15.5. The van der Waals surface area contributed by atoms with Crippen molar-refractivity contribution in [2.45, 2.75) is 0 Å². The Morgan fingerprint density at radius 3 is 1.61 bits per heavy atom. The number of fused-ring (bicyclic) bond motifs is 7. The summed E-state index contributed by atoms with van der Waals surface area (Å²) in [6.07, 6.45) is 0. The van der Waals surface area contributed by atoms with Crippen molar-refractivity contribution in [1.29, 1.82) is 0 Å². The lowest BCUT2D eigenvalue weighted by Gasteiger charge is -2.28. The molecular formula is C54H35NO. The third kappa shape index (κ3) is 5.42. The average molecular weight is 714 g/mol. The Morgan fingerprint density at radius 1 is 0.286 bits per heavy atom. The summed E-state index contributed by atoms with van der Waals surface area (Å²) < 4.78 is 6.43. The molecule has 0 N–H and O–H groups in total. The van der Waals surface area contributed by atoms with E-state index in [1.165, 1.54) is 54.6 Å². The molecule has 1 aromatic heterocycles. The molecule has 0 fully saturated rings. The standard InChI is InChI=1S/C54H35NO/c1-2-12-37(13-3-1)46-18-10-11-21-52(46)55(44-29-24-38(25-30-44)50-33-42-16-6-7-17-45(42)47-19-8-9-20-48(47)50)43-27-22-36(23-28-43)41-26-31-49-51-32-39-14-4-5-15-40(39)34-54(51)56-53(49)35-41/h1-35H. The van der Waals surface area contributed by atoms with Gasteiger partial charge in [0.1, 0.15) is 11.2 Å². The van der Waals surface area contributed by atoms with Crippen LogP contribution in [0, 0.1) is 0 Å². The van der Waals surface area contributed by atoms with E-state index in [0.29, 0.717) is 0 Å². The Kier molecular flexibility index (Phi) is 7.53. The first kappa shape index (κ1) is 32.0. The van der Waals surface area contributed by atoms with E-state index in [1.54, 1.807) is 0 Å². The van der Waals surface area contributed by atoms with Crippen molar-refractivity contribution in [2.75, 3.05) is 4.90 Å². The summed E-state index contributed by atoms with van der Waals surface area (Å²) >= 11 is 0. The molecule has 2 heteroatoms. The monoisotopic (exact) mass is 713 g/mol. The highest BCUT2D eigenvalue weighted by Gasteiger charge is 2.18. The fraction of sp³-hybridized carbons (Fsp3) is 0. The van der Waals surface area contributed by atoms with E-state index in [4.69, 9.17) is 4.42 Å². The van der Waals surface area contributed by atoms with Crippen LogP contribution in [0.15, 0.2) is 217 Å². The molecule has 0 aliphatic rings. The summed E-state index contributed by atoms with van der Waals surface area (Å²) in [5.41, 5.74) is 12.1. The first-order chi connectivity index (χ1) is 27.7. The van der Waals surface area contributed by atoms with E-state index in [0.717, 1.165) is 50.1 Å². The molecule has 0 unspecified atom stereocenters. The normalized spacial score (nSPS) is 11.6. The van der Waals surface area contributed by atoms with Crippen LogP contribution in [0.2, 0.25) is 0 Å². The van der Waals surface area contributed by atoms with Gasteiger partial charge in [0.05, 0.1) is 5.69 Å². The quantitative estimate of drug-likeness (QED) is 0.160. The zero-order valence-electron chi connectivity index (χ0n) is 30.6. The van der Waals surface area contributed by atoms with Gasteiger partial charge < -0.3 is 9.32 Å². The molecule has 0 aliphatic carbocycles. The van der Waals surface area contributed by atoms with Crippen molar-refractivity contribution in [3.05, 3.63) is 212 Å². The minimum atomic E-state index is 0.898. The largest absolute Gasteiger partial charge is 0.456 e. The zero-order chi connectivity index (χ0) is 37.0. The molecule has 0 atom stereocenters. The van der Waals surface area contributed by atoms with Crippen molar-refractivity contribution in [2.24, 2.45) is 0 Å². The number of nitrogens with zero attached hydrogens (tertiary/aromatic N) is 1. The van der Waals surface area contributed by atoms with Gasteiger partial charge in [-0.3, -0.25) is 0 Å². The Bertz CT molecular complexity index is 3230. The third-order valence-electron chi connectivity index (χ3n) is 11.2. The van der Waals surface area contributed by atoms with Crippen LogP contribution in [0.4, 0.5) is 17.1 Å². The van der Waals surface area contributed by atoms with Gasteiger partial charge >= 0.3 is 0 Å². The smallest absolute Gasteiger partial charge is 0.136 e. The molecule has 11 aromatic rings. The fourth-order valence-electron chi connectivity index (χ4n) is 8.49. The van der Waals surface area contributed by atoms with Crippen LogP contribution < -0.4 is 4.90 Å². The summed E-state index contributed by atoms with van der Waals surface area (Å²) in [4.78, 5) is 2.38. The minimum absolute atomic E-state index is 0.898. The highest BCUT2D eigenvalue weighted by molar-refractivity contribution is 6.14. The molecule has 0 saturated heterocycles. The molecule has 2 nitrogen and oxygen atoms in total. The highest BCUT2D eigenvalue weighted by atomic mass is 16.3. The summed E-state index contributed by atoms with van der Waals surface area (Å²) in [6, 6.07) is 76.5. The Labute approximate surface area is 325 Å². The highest BCUT2D eigenvalue weighted by Crippen LogP contribution is 2.43. The average Bonchev–Trinajstić information content (AvgIpc) is 3.63. The van der Waals surface area contributed by atoms with E-state index >= 15 is 0 Å². The van der Waals surface area contributed by atoms with Gasteiger partial charge in [0.15, 0.2) is 0 Å². The van der Waals surface area contributed by atoms with Crippen LogP contribution in [-0.2, 0) is 0 Å². The van der Waals surface area contributed by atoms with Crippen LogP contribution in [0.5, 0.6) is 0 Å². The lowest BCUT2D eigenvalue weighted by Crippen LogP contribution is -2.11. The van der Waals surface area contributed by atoms with Crippen LogP contribution in [0.1, 0.15) is 0 Å². The van der Waals surface area contributed by atoms with Crippen LogP contribution >= 0.6 is 0 Å². The number of rotatable bonds is 6. The maximum atomic E-state index is 6.43. The van der Waals surface area contributed by atoms with E-state index in [9.17, 15) is 0 Å². The number of furan rings is 1. The van der Waals surface area contributed by atoms with Crippen molar-refractivity contribution in [3.8, 4) is 33.4 Å². The number of anilines is 3. The molecule has 10 aromatic carbocycles. The number of hydrogen-bond acceptors (Lipinski definition) is 2. The summed E-state index contributed by atoms with van der Waals surface area (Å²) in [6.45, 7) is 0. The fourth-order valence-corrected chi connectivity index (χ4v) is 8.49. The van der Waals surface area contributed by atoms with Gasteiger partial charge in [-0.1, -0.05) is 152 Å². The molecule has 0 amide bonds. The lowest BCUT2D eigenvalue weighted by molar-refractivity contribution is 0.669. The van der Waals surface area contributed by atoms with Gasteiger partial charge in [-0.05, 0) is 121 Å². The first-order valence-electron chi connectivity index (χ1n) is 19.2. The topological polar surface area (TPSA) is 16.4 Å². The molecule has 0 radical (unpaired) electrons. The second-order valence-corrected chi connectivity index (χ2v) is 14.5. The Balaban J connectivity index is 1.01. The van der Waals surface area contributed by atoms with Crippen LogP contribution in [0.25, 0.3) is 87.6 Å². The predicted molar refractivity (Wildman–Crippen MR) is 237 cm³/mol. The van der Waals surface area contributed by atoms with Gasteiger partial charge in [-0.15, -0.1) is 0 Å². The molecular weight excluding hydrogens is 679 g/mol. The third-order valence-corrected chi connectivity index (χ3v) is 11.2. The molecule has 0 bridgehead atoms. The van der Waals surface area contributed by atoms with Crippen molar-refractivity contribution >= 4 is 71.3 Å². The maximum absolute atomic E-state index is 6.43. The van der Waals surface area contributed by atoms with Crippen LogP contribution in [-0.4, -0.2) is 0 Å². The van der Waals surface area contributed by atoms with Crippen molar-refractivity contribution in [1.82, 2.24) is 0 Å². The van der Waals surface area contributed by atoms with E-state index in [2.05, 4.69) is 217 Å². The minimum Gasteiger partial charge on any atom is -0.456 e. The second-order valence-electron chi connectivity index (χ2n) is 14.5. The summed E-state index contributed by atoms with van der Waals surface area (Å²) in [7, 11) is 0. The Morgan fingerprint density at radius 2 is 0.839 bits per heavy atom. The molecule has 0 spiro atoms. The molecule has 56 heavy (non-hydrogen) atoms. The summed E-state index contributed by atoms with van der Waals surface area (Å²) in [5.74, 6) is 0. The first-order valence-corrected chi connectivity index (χ1v) is 19.2. The second kappa shape index (κ2) is 13.2. The number of benzene rings is 10. The summed E-state index contributed by atoms with van der Waals surface area (Å²) in [5, 5.41) is 9.75. The van der Waals surface area contributed by atoms with Gasteiger partial charge in [0, 0.05) is 27.7 Å². The van der Waals surface area contributed by atoms with Crippen molar-refractivity contribution in [3.63, 3.8) is 0 Å². The van der Waals surface area contributed by atoms with E-state index in [1.807, 2.05) is 0 Å². The maximum Gasteiger partial charge on any atom is 0.136 e. The molecule has 1 heterocycles. The molecule has 0 aliphatic heterocycles. The van der Waals surface area contributed by atoms with Gasteiger partial charge in [-0.25, -0.2) is 0 Å². The number of para-hydroxylation sites is 1. The van der Waals surface area contributed by atoms with Crippen LogP contribution in [0.3, 0.4) is 0 Å². The molecule has 11 rings (SSSR count). The van der Waals surface area contributed by atoms with E-state index < -0.39 is 0 Å². The Hall–Kier alpha value is -7.42. The van der Waals surface area contributed by atoms with Gasteiger partial charge in [0.25, 0.3) is 0 Å². The SMILES string of the molecule is c1ccc(-c2ccccc2N(c2ccc(-c3ccc4c(c3)oc3cc5ccccc5cc34)cc2)c2ccc(-c3cc4ccccc4c4ccccc34)cc2)cc1. The molecule has 0 saturated carbocycles. The van der Waals surface area contributed by atoms with Gasteiger partial charge in [-0.2, -0.15) is 0 Å². The number of hydrogen-bond donors (Lipinski definition) is 0. The zero-order valence-corrected chi connectivity index (χ0v) is 30.6. The van der Waals surface area contributed by atoms with Crippen molar-refractivity contribution < 1.29 is 4.42 Å². The molecule has 262 valence electrons.